The normalized spacial score (nSPS) is 10.4. The molecular formula is C16H24ClN3O3. The van der Waals surface area contributed by atoms with Crippen molar-refractivity contribution in [3.63, 3.8) is 0 Å². The van der Waals surface area contributed by atoms with Crippen molar-refractivity contribution in [1.29, 1.82) is 0 Å². The first kappa shape index (κ1) is 19.3. The molecule has 2 N–H and O–H groups in total. The quantitative estimate of drug-likeness (QED) is 0.676. The number of likely N-dealkylation sites (N-methyl/N-ethyl adjacent to an activating group) is 1. The molecule has 0 aliphatic carbocycles. The molecule has 3 amide bonds. The van der Waals surface area contributed by atoms with Gasteiger partial charge in [-0.1, -0.05) is 31.0 Å². The van der Waals surface area contributed by atoms with Crippen molar-refractivity contribution >= 4 is 23.5 Å². The lowest BCUT2D eigenvalue weighted by Gasteiger charge is -2.16. The number of urea groups is 1. The van der Waals surface area contributed by atoms with Crippen LogP contribution >= 0.6 is 11.6 Å². The van der Waals surface area contributed by atoms with Gasteiger partial charge in [0.2, 0.25) is 5.91 Å². The van der Waals surface area contributed by atoms with Crippen LogP contribution in [0.25, 0.3) is 0 Å². The average Bonchev–Trinajstić information content (AvgIpc) is 2.47. The highest BCUT2D eigenvalue weighted by atomic mass is 35.5. The molecule has 1 aromatic carbocycles. The first-order valence-corrected chi connectivity index (χ1v) is 8.03. The summed E-state index contributed by atoms with van der Waals surface area (Å²) < 4.78 is 5.55. The van der Waals surface area contributed by atoms with Crippen molar-refractivity contribution in [3.8, 4) is 5.75 Å². The molecule has 0 aliphatic rings. The van der Waals surface area contributed by atoms with E-state index in [0.29, 0.717) is 30.5 Å². The van der Waals surface area contributed by atoms with E-state index < -0.39 is 6.03 Å². The first-order chi connectivity index (χ1) is 11.0. The number of hydrogen-bond donors (Lipinski definition) is 2. The predicted octanol–water partition coefficient (Wildman–Crippen LogP) is 2.28. The minimum absolute atomic E-state index is 0.125. The molecule has 0 atom stereocenters. The Morgan fingerprint density at radius 1 is 1.35 bits per heavy atom. The summed E-state index contributed by atoms with van der Waals surface area (Å²) in [5, 5.41) is 5.54. The lowest BCUT2D eigenvalue weighted by atomic mass is 10.3. The summed E-state index contributed by atoms with van der Waals surface area (Å²) in [6.07, 6.45) is 1.88. The van der Waals surface area contributed by atoms with Gasteiger partial charge in [0, 0.05) is 18.1 Å². The summed E-state index contributed by atoms with van der Waals surface area (Å²) in [5.41, 5.74) is 0. The smallest absolute Gasteiger partial charge is 0.321 e. The Kier molecular flexibility index (Phi) is 9.09. The van der Waals surface area contributed by atoms with Gasteiger partial charge in [-0.3, -0.25) is 15.0 Å². The van der Waals surface area contributed by atoms with Crippen LogP contribution in [0.5, 0.6) is 5.75 Å². The molecule has 7 heteroatoms. The molecule has 0 aliphatic heterocycles. The van der Waals surface area contributed by atoms with E-state index in [-0.39, 0.29) is 12.5 Å². The number of carbonyl (C=O) groups is 2. The lowest BCUT2D eigenvalue weighted by Crippen LogP contribution is -2.44. The predicted molar refractivity (Wildman–Crippen MR) is 90.9 cm³/mol. The van der Waals surface area contributed by atoms with Crippen molar-refractivity contribution in [2.45, 2.75) is 19.8 Å². The molecular weight excluding hydrogens is 318 g/mol. The Labute approximate surface area is 142 Å². The zero-order valence-electron chi connectivity index (χ0n) is 13.6. The second-order valence-electron chi connectivity index (χ2n) is 5.20. The minimum atomic E-state index is -0.452. The molecule has 0 spiro atoms. The van der Waals surface area contributed by atoms with E-state index >= 15 is 0 Å². The summed E-state index contributed by atoms with van der Waals surface area (Å²) in [6.45, 7) is 3.70. The molecule has 0 unspecified atom stereocenters. The van der Waals surface area contributed by atoms with Crippen molar-refractivity contribution in [2.24, 2.45) is 0 Å². The maximum atomic E-state index is 11.7. The van der Waals surface area contributed by atoms with Gasteiger partial charge in [-0.2, -0.15) is 0 Å². The van der Waals surface area contributed by atoms with E-state index in [2.05, 4.69) is 10.6 Å². The van der Waals surface area contributed by atoms with Crippen LogP contribution in [0, 0.1) is 0 Å². The molecule has 6 nitrogen and oxygen atoms in total. The molecule has 128 valence electrons. The number of carbonyl (C=O) groups excluding carboxylic acids is 2. The zero-order chi connectivity index (χ0) is 17.1. The number of hydrogen-bond acceptors (Lipinski definition) is 4. The lowest BCUT2D eigenvalue weighted by molar-refractivity contribution is -0.120. The highest BCUT2D eigenvalue weighted by molar-refractivity contribution is 6.30. The average molecular weight is 342 g/mol. The maximum absolute atomic E-state index is 11.7. The van der Waals surface area contributed by atoms with Gasteiger partial charge in [-0.25, -0.2) is 4.79 Å². The third kappa shape index (κ3) is 9.05. The first-order valence-electron chi connectivity index (χ1n) is 7.66. The molecule has 0 saturated carbocycles. The van der Waals surface area contributed by atoms with E-state index in [1.54, 1.807) is 24.1 Å². The van der Waals surface area contributed by atoms with Crippen LogP contribution in [0.2, 0.25) is 5.02 Å². The van der Waals surface area contributed by atoms with Gasteiger partial charge in [-0.05, 0) is 31.7 Å². The van der Waals surface area contributed by atoms with Crippen LogP contribution in [-0.2, 0) is 4.79 Å². The van der Waals surface area contributed by atoms with Crippen LogP contribution in [0.15, 0.2) is 24.3 Å². The van der Waals surface area contributed by atoms with Gasteiger partial charge in [0.15, 0.2) is 0 Å². The monoisotopic (exact) mass is 341 g/mol. The highest BCUT2D eigenvalue weighted by Crippen LogP contribution is 2.16. The summed E-state index contributed by atoms with van der Waals surface area (Å²) in [5.74, 6) is 0.343. The summed E-state index contributed by atoms with van der Waals surface area (Å²) in [4.78, 5) is 24.9. The van der Waals surface area contributed by atoms with Crippen molar-refractivity contribution < 1.29 is 14.3 Å². The SMILES string of the molecule is CCCCNC(=O)NC(=O)CN(C)CCOc1cccc(Cl)c1. The molecule has 0 radical (unpaired) electrons. The topological polar surface area (TPSA) is 70.7 Å². The third-order valence-electron chi connectivity index (χ3n) is 3.02. The number of nitrogens with zero attached hydrogens (tertiary/aromatic N) is 1. The van der Waals surface area contributed by atoms with Gasteiger partial charge < -0.3 is 10.1 Å². The molecule has 1 rings (SSSR count). The third-order valence-corrected chi connectivity index (χ3v) is 3.26. The van der Waals surface area contributed by atoms with E-state index in [1.807, 2.05) is 19.1 Å². The van der Waals surface area contributed by atoms with Gasteiger partial charge >= 0.3 is 6.03 Å². The van der Waals surface area contributed by atoms with Gasteiger partial charge in [0.1, 0.15) is 12.4 Å². The largest absolute Gasteiger partial charge is 0.492 e. The van der Waals surface area contributed by atoms with E-state index in [9.17, 15) is 9.59 Å². The number of ether oxygens (including phenoxy) is 1. The molecule has 23 heavy (non-hydrogen) atoms. The molecule has 1 aromatic rings. The highest BCUT2D eigenvalue weighted by Gasteiger charge is 2.10. The number of benzene rings is 1. The summed E-state index contributed by atoms with van der Waals surface area (Å²) in [6, 6.07) is 6.68. The maximum Gasteiger partial charge on any atom is 0.321 e. The fourth-order valence-electron chi connectivity index (χ4n) is 1.79. The van der Waals surface area contributed by atoms with E-state index in [4.69, 9.17) is 16.3 Å². The van der Waals surface area contributed by atoms with Crippen molar-refractivity contribution in [2.75, 3.05) is 33.3 Å². The second kappa shape index (κ2) is 10.9. The molecule has 0 aromatic heterocycles. The Morgan fingerprint density at radius 2 is 2.13 bits per heavy atom. The van der Waals surface area contributed by atoms with Crippen LogP contribution in [0.3, 0.4) is 0 Å². The van der Waals surface area contributed by atoms with Gasteiger partial charge in [0.05, 0.1) is 6.54 Å². The Hall–Kier alpha value is -1.79. The van der Waals surface area contributed by atoms with E-state index in [0.717, 1.165) is 12.8 Å². The summed E-state index contributed by atoms with van der Waals surface area (Å²) in [7, 11) is 1.79. The fourth-order valence-corrected chi connectivity index (χ4v) is 1.97. The molecule has 0 saturated heterocycles. The number of amides is 3. The van der Waals surface area contributed by atoms with Gasteiger partial charge in [0.25, 0.3) is 0 Å². The standard InChI is InChI=1S/C16H24ClN3O3/c1-3-4-8-18-16(22)19-15(21)12-20(2)9-10-23-14-7-5-6-13(17)11-14/h5-7,11H,3-4,8-10,12H2,1-2H3,(H2,18,19,21,22). The van der Waals surface area contributed by atoms with Crippen LogP contribution in [0.1, 0.15) is 19.8 Å². The Morgan fingerprint density at radius 3 is 2.83 bits per heavy atom. The Balaban J connectivity index is 2.18. The fraction of sp³-hybridized carbons (Fsp3) is 0.500. The van der Waals surface area contributed by atoms with E-state index in [1.165, 1.54) is 0 Å². The second-order valence-corrected chi connectivity index (χ2v) is 5.64. The Bertz CT molecular complexity index is 511. The van der Waals surface area contributed by atoms with Crippen LogP contribution < -0.4 is 15.4 Å². The van der Waals surface area contributed by atoms with Crippen LogP contribution in [0.4, 0.5) is 4.79 Å². The van der Waals surface area contributed by atoms with Gasteiger partial charge in [-0.15, -0.1) is 0 Å². The number of halogens is 1. The molecule has 0 bridgehead atoms. The summed E-state index contributed by atoms with van der Waals surface area (Å²) >= 11 is 5.87. The van der Waals surface area contributed by atoms with Crippen molar-refractivity contribution in [3.05, 3.63) is 29.3 Å². The molecule has 0 fully saturated rings. The zero-order valence-corrected chi connectivity index (χ0v) is 14.4. The van der Waals surface area contributed by atoms with Crippen LogP contribution in [-0.4, -0.2) is 50.1 Å². The minimum Gasteiger partial charge on any atom is -0.492 e. The number of rotatable bonds is 9. The number of unbranched alkanes of at least 4 members (excludes halogenated alkanes) is 1. The molecule has 0 heterocycles. The van der Waals surface area contributed by atoms with Crippen molar-refractivity contribution in [1.82, 2.24) is 15.5 Å². The number of nitrogens with one attached hydrogen (secondary N) is 2. The number of imide groups is 1.